The van der Waals surface area contributed by atoms with Gasteiger partial charge in [-0.3, -0.25) is 9.69 Å². The minimum Gasteiger partial charge on any atom is -0.353 e. The lowest BCUT2D eigenvalue weighted by molar-refractivity contribution is -0.120. The number of hydrogen-bond acceptors (Lipinski definition) is 3. The molecule has 0 aliphatic carbocycles. The first kappa shape index (κ1) is 20.2. The Labute approximate surface area is 142 Å². The zero-order chi connectivity index (χ0) is 17.1. The molecule has 0 aromatic heterocycles. The quantitative estimate of drug-likeness (QED) is 0.480. The van der Waals surface area contributed by atoms with E-state index in [1.54, 1.807) is 0 Å². The van der Waals surface area contributed by atoms with Crippen LogP contribution in [0.15, 0.2) is 12.2 Å². The van der Waals surface area contributed by atoms with Crippen molar-refractivity contribution in [3.63, 3.8) is 0 Å². The standard InChI is InChI=1S/C19H37N3O/c1-4-8-18(22-14-16(2)13-17(3)15-22)9-7-12-21-19(23)10-5-6-11-20/h7,9,16-18H,4-6,8,10-15,20H2,1-3H3,(H,21,23)/b9-7-/t16-,17?,18?/m1/s1. The van der Waals surface area contributed by atoms with Gasteiger partial charge in [-0.15, -0.1) is 0 Å². The molecule has 0 saturated carbocycles. The Bertz CT molecular complexity index is 347. The normalized spacial score (nSPS) is 24.0. The smallest absolute Gasteiger partial charge is 0.220 e. The summed E-state index contributed by atoms with van der Waals surface area (Å²) in [6, 6.07) is 0.513. The zero-order valence-electron chi connectivity index (χ0n) is 15.4. The molecule has 1 amide bonds. The van der Waals surface area contributed by atoms with Crippen molar-refractivity contribution in [3.8, 4) is 0 Å². The number of nitrogens with one attached hydrogen (secondary N) is 1. The predicted octanol–water partition coefficient (Wildman–Crippen LogP) is 2.93. The molecule has 1 aliphatic heterocycles. The first-order chi connectivity index (χ1) is 11.1. The molecule has 1 fully saturated rings. The number of carbonyl (C=O) groups excluding carboxylic acids is 1. The highest BCUT2D eigenvalue weighted by molar-refractivity contribution is 5.75. The Morgan fingerprint density at radius 3 is 2.61 bits per heavy atom. The van der Waals surface area contributed by atoms with Gasteiger partial charge >= 0.3 is 0 Å². The molecule has 0 aromatic rings. The summed E-state index contributed by atoms with van der Waals surface area (Å²) in [5.41, 5.74) is 5.44. The van der Waals surface area contributed by atoms with Crippen LogP contribution in [0.4, 0.5) is 0 Å². The van der Waals surface area contributed by atoms with Crippen LogP contribution in [0, 0.1) is 11.8 Å². The van der Waals surface area contributed by atoms with E-state index in [4.69, 9.17) is 5.73 Å². The third kappa shape index (κ3) is 8.52. The molecule has 1 aliphatic rings. The van der Waals surface area contributed by atoms with E-state index in [2.05, 4.69) is 43.1 Å². The van der Waals surface area contributed by atoms with Crippen LogP contribution in [0.5, 0.6) is 0 Å². The van der Waals surface area contributed by atoms with E-state index in [9.17, 15) is 4.79 Å². The minimum atomic E-state index is 0.135. The van der Waals surface area contributed by atoms with Crippen LogP contribution in [-0.2, 0) is 4.79 Å². The van der Waals surface area contributed by atoms with Crippen LogP contribution >= 0.6 is 0 Å². The molecule has 1 saturated heterocycles. The number of nitrogens with two attached hydrogens (primary N) is 1. The topological polar surface area (TPSA) is 58.4 Å². The van der Waals surface area contributed by atoms with Gasteiger partial charge in [-0.2, -0.15) is 0 Å². The Morgan fingerprint density at radius 2 is 2.00 bits per heavy atom. The van der Waals surface area contributed by atoms with Crippen molar-refractivity contribution in [2.45, 2.75) is 65.3 Å². The maximum Gasteiger partial charge on any atom is 0.220 e. The van der Waals surface area contributed by atoms with Crippen molar-refractivity contribution < 1.29 is 4.79 Å². The summed E-state index contributed by atoms with van der Waals surface area (Å²) in [5, 5.41) is 2.97. The van der Waals surface area contributed by atoms with Gasteiger partial charge in [-0.05, 0) is 44.1 Å². The summed E-state index contributed by atoms with van der Waals surface area (Å²) >= 11 is 0. The lowest BCUT2D eigenvalue weighted by atomic mass is 9.90. The van der Waals surface area contributed by atoms with Crippen molar-refractivity contribution in [3.05, 3.63) is 12.2 Å². The number of amides is 1. The van der Waals surface area contributed by atoms with Gasteiger partial charge in [0, 0.05) is 32.1 Å². The van der Waals surface area contributed by atoms with E-state index in [1.807, 2.05) is 0 Å². The lowest BCUT2D eigenvalue weighted by Crippen LogP contribution is -2.44. The van der Waals surface area contributed by atoms with Crippen LogP contribution in [0.3, 0.4) is 0 Å². The third-order valence-corrected chi connectivity index (χ3v) is 4.58. The van der Waals surface area contributed by atoms with E-state index in [-0.39, 0.29) is 5.91 Å². The second-order valence-corrected chi connectivity index (χ2v) is 7.23. The predicted molar refractivity (Wildman–Crippen MR) is 98.3 cm³/mol. The van der Waals surface area contributed by atoms with Gasteiger partial charge in [0.25, 0.3) is 0 Å². The highest BCUT2D eigenvalue weighted by Crippen LogP contribution is 2.24. The maximum atomic E-state index is 11.7. The van der Waals surface area contributed by atoms with Gasteiger partial charge < -0.3 is 11.1 Å². The SMILES string of the molecule is CCCC(/C=C\CNC(=O)CCCCN)N1CC(C)C[C@@H](C)C1. The number of hydrogen-bond donors (Lipinski definition) is 2. The molecule has 1 heterocycles. The molecule has 4 heteroatoms. The Kier molecular flexibility index (Phi) is 10.2. The summed E-state index contributed by atoms with van der Waals surface area (Å²) in [5.74, 6) is 1.71. The molecule has 4 nitrogen and oxygen atoms in total. The van der Waals surface area contributed by atoms with Crippen LogP contribution in [0.1, 0.15) is 59.3 Å². The summed E-state index contributed by atoms with van der Waals surface area (Å²) in [7, 11) is 0. The molecule has 0 bridgehead atoms. The first-order valence-corrected chi connectivity index (χ1v) is 9.44. The molecule has 134 valence electrons. The largest absolute Gasteiger partial charge is 0.353 e. The Hall–Kier alpha value is -0.870. The number of nitrogens with zero attached hydrogens (tertiary/aromatic N) is 1. The molecule has 1 rings (SSSR count). The Morgan fingerprint density at radius 1 is 1.30 bits per heavy atom. The molecule has 0 aromatic carbocycles. The number of carbonyl (C=O) groups is 1. The monoisotopic (exact) mass is 323 g/mol. The molecule has 3 N–H and O–H groups in total. The second-order valence-electron chi connectivity index (χ2n) is 7.23. The number of unbranched alkanes of at least 4 members (excludes halogenated alkanes) is 1. The third-order valence-electron chi connectivity index (χ3n) is 4.58. The van der Waals surface area contributed by atoms with Crippen LogP contribution < -0.4 is 11.1 Å². The van der Waals surface area contributed by atoms with E-state index < -0.39 is 0 Å². The molecular weight excluding hydrogens is 286 g/mol. The fourth-order valence-electron chi connectivity index (χ4n) is 3.59. The van der Waals surface area contributed by atoms with Crippen molar-refractivity contribution >= 4 is 5.91 Å². The number of rotatable bonds is 10. The van der Waals surface area contributed by atoms with Crippen molar-refractivity contribution in [2.24, 2.45) is 17.6 Å². The van der Waals surface area contributed by atoms with Crippen LogP contribution in [0.25, 0.3) is 0 Å². The van der Waals surface area contributed by atoms with Crippen LogP contribution in [0.2, 0.25) is 0 Å². The fourth-order valence-corrected chi connectivity index (χ4v) is 3.59. The fraction of sp³-hybridized carbons (Fsp3) is 0.842. The molecule has 0 radical (unpaired) electrons. The van der Waals surface area contributed by atoms with Gasteiger partial charge in [0.2, 0.25) is 5.91 Å². The highest BCUT2D eigenvalue weighted by atomic mass is 16.1. The Balaban J connectivity index is 2.38. The van der Waals surface area contributed by atoms with E-state index in [1.165, 1.54) is 32.4 Å². The molecular formula is C19H37N3O. The van der Waals surface area contributed by atoms with E-state index in [0.717, 1.165) is 24.7 Å². The van der Waals surface area contributed by atoms with E-state index >= 15 is 0 Å². The van der Waals surface area contributed by atoms with Gasteiger partial charge in [0.05, 0.1) is 0 Å². The van der Waals surface area contributed by atoms with E-state index in [0.29, 0.717) is 25.6 Å². The number of likely N-dealkylation sites (tertiary alicyclic amines) is 1. The van der Waals surface area contributed by atoms with Gasteiger partial charge in [0.15, 0.2) is 0 Å². The molecule has 3 atom stereocenters. The molecule has 0 spiro atoms. The summed E-state index contributed by atoms with van der Waals surface area (Å²) in [4.78, 5) is 14.3. The van der Waals surface area contributed by atoms with Crippen LogP contribution in [-0.4, -0.2) is 43.0 Å². The lowest BCUT2D eigenvalue weighted by Gasteiger charge is -2.39. The zero-order valence-corrected chi connectivity index (χ0v) is 15.4. The first-order valence-electron chi connectivity index (χ1n) is 9.44. The maximum absolute atomic E-state index is 11.7. The molecule has 23 heavy (non-hydrogen) atoms. The minimum absolute atomic E-state index is 0.135. The van der Waals surface area contributed by atoms with Gasteiger partial charge in [-0.1, -0.05) is 39.3 Å². The van der Waals surface area contributed by atoms with Crippen molar-refractivity contribution in [2.75, 3.05) is 26.2 Å². The van der Waals surface area contributed by atoms with Gasteiger partial charge in [-0.25, -0.2) is 0 Å². The summed E-state index contributed by atoms with van der Waals surface area (Å²) in [6.07, 6.45) is 10.6. The highest BCUT2D eigenvalue weighted by Gasteiger charge is 2.25. The average molecular weight is 324 g/mol. The van der Waals surface area contributed by atoms with Gasteiger partial charge in [0.1, 0.15) is 0 Å². The summed E-state index contributed by atoms with van der Waals surface area (Å²) in [6.45, 7) is 10.7. The average Bonchev–Trinajstić information content (AvgIpc) is 2.49. The van der Waals surface area contributed by atoms with Crippen molar-refractivity contribution in [1.29, 1.82) is 0 Å². The van der Waals surface area contributed by atoms with Crippen molar-refractivity contribution in [1.82, 2.24) is 10.2 Å². The molecule has 2 unspecified atom stereocenters. The second kappa shape index (κ2) is 11.6. The summed E-state index contributed by atoms with van der Waals surface area (Å²) < 4.78 is 0. The number of piperidine rings is 1.